The van der Waals surface area contributed by atoms with E-state index in [1.54, 1.807) is 11.3 Å². The molecular weight excluding hydrogens is 329 g/mol. The van der Waals surface area contributed by atoms with E-state index < -0.39 is 0 Å². The maximum absolute atomic E-state index is 12.0. The molecule has 0 aromatic carbocycles. The Morgan fingerprint density at radius 1 is 1.48 bits per heavy atom. The first-order chi connectivity index (χ1) is 9.19. The van der Waals surface area contributed by atoms with Gasteiger partial charge in [0.1, 0.15) is 0 Å². The number of nitrogens with two attached hydrogens (primary N) is 1. The number of halogens is 2. The highest BCUT2D eigenvalue weighted by molar-refractivity contribution is 7.09. The van der Waals surface area contributed by atoms with E-state index in [0.29, 0.717) is 6.54 Å². The van der Waals surface area contributed by atoms with Gasteiger partial charge in [-0.1, -0.05) is 13.3 Å². The Hall–Kier alpha value is -0.360. The second-order valence-corrected chi connectivity index (χ2v) is 6.19. The second-order valence-electron chi connectivity index (χ2n) is 5.25. The molecule has 2 unspecified atom stereocenters. The van der Waals surface area contributed by atoms with E-state index in [1.165, 1.54) is 5.01 Å². The van der Waals surface area contributed by atoms with Crippen LogP contribution in [0.2, 0.25) is 0 Å². The van der Waals surface area contributed by atoms with Crippen LogP contribution in [0, 0.1) is 5.92 Å². The molecule has 1 saturated carbocycles. The summed E-state index contributed by atoms with van der Waals surface area (Å²) in [6, 6.07) is 0.204. The van der Waals surface area contributed by atoms with Gasteiger partial charge < -0.3 is 11.1 Å². The van der Waals surface area contributed by atoms with Crippen LogP contribution < -0.4 is 11.1 Å². The van der Waals surface area contributed by atoms with E-state index in [4.69, 9.17) is 5.73 Å². The van der Waals surface area contributed by atoms with Crippen LogP contribution in [0.1, 0.15) is 43.3 Å². The third kappa shape index (κ3) is 6.51. The summed E-state index contributed by atoms with van der Waals surface area (Å²) >= 11 is 1.70. The lowest BCUT2D eigenvalue weighted by Gasteiger charge is -2.25. The molecule has 0 radical (unpaired) electrons. The van der Waals surface area contributed by atoms with Gasteiger partial charge in [-0.3, -0.25) is 4.79 Å². The highest BCUT2D eigenvalue weighted by Crippen LogP contribution is 2.23. The molecule has 1 aliphatic rings. The third-order valence-corrected chi connectivity index (χ3v) is 4.71. The molecule has 1 amide bonds. The molecule has 1 aromatic heterocycles. The summed E-state index contributed by atoms with van der Waals surface area (Å²) in [6.45, 7) is 2.79. The van der Waals surface area contributed by atoms with E-state index in [-0.39, 0.29) is 42.7 Å². The number of nitrogens with one attached hydrogen (secondary N) is 1. The monoisotopic (exact) mass is 353 g/mol. The normalized spacial score (nSPS) is 21.0. The van der Waals surface area contributed by atoms with Crippen LogP contribution in [0.5, 0.6) is 0 Å². The van der Waals surface area contributed by atoms with Crippen LogP contribution in [0.4, 0.5) is 0 Å². The quantitative estimate of drug-likeness (QED) is 0.854. The van der Waals surface area contributed by atoms with E-state index in [9.17, 15) is 4.79 Å². The molecule has 21 heavy (non-hydrogen) atoms. The Balaban J connectivity index is 0.00000200. The van der Waals surface area contributed by atoms with Gasteiger partial charge in [-0.05, 0) is 25.7 Å². The van der Waals surface area contributed by atoms with E-state index in [1.807, 2.05) is 0 Å². The summed E-state index contributed by atoms with van der Waals surface area (Å²) in [6.07, 6.45) is 5.75. The minimum Gasteiger partial charge on any atom is -0.355 e. The molecule has 2 atom stereocenters. The molecular formula is C14H25Cl2N3OS. The van der Waals surface area contributed by atoms with Crippen molar-refractivity contribution in [3.8, 4) is 0 Å². The molecule has 1 heterocycles. The van der Waals surface area contributed by atoms with Gasteiger partial charge in [0.15, 0.2) is 0 Å². The lowest BCUT2D eigenvalue weighted by atomic mass is 9.85. The van der Waals surface area contributed by atoms with E-state index in [0.717, 1.165) is 44.2 Å². The van der Waals surface area contributed by atoms with Crippen molar-refractivity contribution < 1.29 is 4.79 Å². The van der Waals surface area contributed by atoms with Gasteiger partial charge in [0, 0.05) is 30.3 Å². The van der Waals surface area contributed by atoms with Crippen molar-refractivity contribution in [2.45, 2.75) is 51.5 Å². The topological polar surface area (TPSA) is 68.0 Å². The van der Waals surface area contributed by atoms with Gasteiger partial charge in [-0.15, -0.1) is 36.2 Å². The van der Waals surface area contributed by atoms with Crippen molar-refractivity contribution >= 4 is 42.1 Å². The summed E-state index contributed by atoms with van der Waals surface area (Å²) in [7, 11) is 0. The minimum atomic E-state index is 0. The smallest absolute Gasteiger partial charge is 0.223 e. The summed E-state index contributed by atoms with van der Waals surface area (Å²) in [5.41, 5.74) is 7.00. The standard InChI is InChI=1S/C14H23N3OS.2ClH/c1-2-13-17-12(9-19-13)6-7-16-14(18)10-4-3-5-11(15)8-10;;/h9-11H,2-8,15H2,1H3,(H,16,18);2*1H. The zero-order chi connectivity index (χ0) is 13.7. The van der Waals surface area contributed by atoms with Crippen molar-refractivity contribution in [2.24, 2.45) is 11.7 Å². The third-order valence-electron chi connectivity index (χ3n) is 3.67. The number of aryl methyl sites for hydroxylation is 1. The zero-order valence-electron chi connectivity index (χ0n) is 12.3. The molecule has 1 aromatic rings. The summed E-state index contributed by atoms with van der Waals surface area (Å²) in [5, 5.41) is 6.27. The SMILES string of the molecule is CCc1nc(CCNC(=O)C2CCCC(N)C2)cs1.Cl.Cl. The fourth-order valence-corrected chi connectivity index (χ4v) is 3.33. The molecule has 7 heteroatoms. The lowest BCUT2D eigenvalue weighted by molar-refractivity contribution is -0.126. The van der Waals surface area contributed by atoms with Crippen molar-refractivity contribution in [1.29, 1.82) is 0 Å². The number of amides is 1. The first-order valence-corrected chi connectivity index (χ1v) is 8.03. The Morgan fingerprint density at radius 3 is 2.86 bits per heavy atom. The van der Waals surface area contributed by atoms with Crippen LogP contribution >= 0.6 is 36.2 Å². The number of hydrogen-bond acceptors (Lipinski definition) is 4. The Bertz CT molecular complexity index is 428. The maximum atomic E-state index is 12.0. The van der Waals surface area contributed by atoms with E-state index >= 15 is 0 Å². The van der Waals surface area contributed by atoms with Gasteiger partial charge in [0.05, 0.1) is 10.7 Å². The molecule has 122 valence electrons. The largest absolute Gasteiger partial charge is 0.355 e. The van der Waals surface area contributed by atoms with Crippen LogP contribution in [0.15, 0.2) is 5.38 Å². The first-order valence-electron chi connectivity index (χ1n) is 7.15. The number of nitrogens with zero attached hydrogens (tertiary/aromatic N) is 1. The van der Waals surface area contributed by atoms with Gasteiger partial charge >= 0.3 is 0 Å². The van der Waals surface area contributed by atoms with Crippen LogP contribution in [0.3, 0.4) is 0 Å². The van der Waals surface area contributed by atoms with Gasteiger partial charge in [0.2, 0.25) is 5.91 Å². The number of thiazole rings is 1. The Labute approximate surface area is 143 Å². The minimum absolute atomic E-state index is 0. The molecule has 4 nitrogen and oxygen atoms in total. The highest BCUT2D eigenvalue weighted by atomic mass is 35.5. The number of carbonyl (C=O) groups is 1. The van der Waals surface area contributed by atoms with Gasteiger partial charge in [0.25, 0.3) is 0 Å². The fraction of sp³-hybridized carbons (Fsp3) is 0.714. The Kier molecular flexibility index (Phi) is 10.2. The van der Waals surface area contributed by atoms with Crippen molar-refractivity contribution in [2.75, 3.05) is 6.54 Å². The van der Waals surface area contributed by atoms with Crippen LogP contribution in [-0.2, 0) is 17.6 Å². The molecule has 0 spiro atoms. The highest BCUT2D eigenvalue weighted by Gasteiger charge is 2.24. The summed E-state index contributed by atoms with van der Waals surface area (Å²) < 4.78 is 0. The number of rotatable bonds is 5. The lowest BCUT2D eigenvalue weighted by Crippen LogP contribution is -2.38. The molecule has 1 aliphatic carbocycles. The molecule has 0 saturated heterocycles. The average molecular weight is 354 g/mol. The van der Waals surface area contributed by atoms with Crippen molar-refractivity contribution in [3.63, 3.8) is 0 Å². The van der Waals surface area contributed by atoms with Gasteiger partial charge in [-0.2, -0.15) is 0 Å². The summed E-state index contributed by atoms with van der Waals surface area (Å²) in [4.78, 5) is 16.5. The molecule has 3 N–H and O–H groups in total. The van der Waals surface area contributed by atoms with E-state index in [2.05, 4.69) is 22.6 Å². The van der Waals surface area contributed by atoms with Gasteiger partial charge in [-0.25, -0.2) is 4.98 Å². The van der Waals surface area contributed by atoms with Crippen LogP contribution in [0.25, 0.3) is 0 Å². The predicted molar refractivity (Wildman–Crippen MR) is 92.6 cm³/mol. The molecule has 1 fully saturated rings. The molecule has 0 bridgehead atoms. The maximum Gasteiger partial charge on any atom is 0.223 e. The Morgan fingerprint density at radius 2 is 2.24 bits per heavy atom. The second kappa shape index (κ2) is 10.4. The first kappa shape index (κ1) is 20.6. The fourth-order valence-electron chi connectivity index (χ4n) is 2.55. The number of aromatic nitrogens is 1. The summed E-state index contributed by atoms with van der Waals surface area (Å²) in [5.74, 6) is 0.284. The number of carbonyl (C=O) groups excluding carboxylic acids is 1. The van der Waals surface area contributed by atoms with Crippen molar-refractivity contribution in [3.05, 3.63) is 16.1 Å². The predicted octanol–water partition coefficient (Wildman–Crippen LogP) is 2.73. The van der Waals surface area contributed by atoms with Crippen LogP contribution in [-0.4, -0.2) is 23.5 Å². The molecule has 0 aliphatic heterocycles. The molecule has 2 rings (SSSR count). The number of hydrogen-bond donors (Lipinski definition) is 2. The zero-order valence-corrected chi connectivity index (χ0v) is 14.8. The van der Waals surface area contributed by atoms with Crippen molar-refractivity contribution in [1.82, 2.24) is 10.3 Å². The average Bonchev–Trinajstić information content (AvgIpc) is 2.86.